The van der Waals surface area contributed by atoms with Gasteiger partial charge in [0, 0.05) is 6.42 Å². The van der Waals surface area contributed by atoms with Gasteiger partial charge in [-0.15, -0.1) is 0 Å². The highest BCUT2D eigenvalue weighted by Crippen LogP contribution is 2.25. The summed E-state index contributed by atoms with van der Waals surface area (Å²) in [6, 6.07) is 8.47. The molecule has 0 aliphatic carbocycles. The molecule has 1 atom stereocenters. The van der Waals surface area contributed by atoms with Crippen LogP contribution in [0.1, 0.15) is 30.1 Å². The molecule has 0 aliphatic heterocycles. The van der Waals surface area contributed by atoms with Crippen LogP contribution in [0.2, 0.25) is 0 Å². The molecule has 3 rings (SSSR count). The highest BCUT2D eigenvalue weighted by Gasteiger charge is 2.15. The summed E-state index contributed by atoms with van der Waals surface area (Å²) >= 11 is 0. The fourth-order valence-corrected chi connectivity index (χ4v) is 2.20. The van der Waals surface area contributed by atoms with E-state index in [2.05, 4.69) is 9.97 Å². The van der Waals surface area contributed by atoms with Gasteiger partial charge in [0.25, 0.3) is 0 Å². The van der Waals surface area contributed by atoms with E-state index >= 15 is 0 Å². The number of furan rings is 1. The van der Waals surface area contributed by atoms with Gasteiger partial charge in [-0.1, -0.05) is 13.0 Å². The number of aromatic nitrogens is 2. The summed E-state index contributed by atoms with van der Waals surface area (Å²) in [7, 11) is 0. The number of aliphatic hydroxyl groups is 1. The molecule has 0 aliphatic rings. The highest BCUT2D eigenvalue weighted by atomic mass is 16.4. The summed E-state index contributed by atoms with van der Waals surface area (Å²) < 4.78 is 5.52. The Morgan fingerprint density at radius 2 is 1.81 bits per heavy atom. The van der Waals surface area contributed by atoms with Gasteiger partial charge in [-0.3, -0.25) is 9.59 Å². The average Bonchev–Trinajstić information content (AvgIpc) is 2.96. The lowest BCUT2D eigenvalue weighted by atomic mass is 10.1. The van der Waals surface area contributed by atoms with Crippen molar-refractivity contribution in [1.82, 2.24) is 9.97 Å². The van der Waals surface area contributed by atoms with Crippen LogP contribution in [0.25, 0.3) is 11.0 Å². The second kappa shape index (κ2) is 5.06. The second-order valence-electron chi connectivity index (χ2n) is 4.77. The third-order valence-corrected chi connectivity index (χ3v) is 3.36. The summed E-state index contributed by atoms with van der Waals surface area (Å²) in [6.45, 7) is 1.96. The van der Waals surface area contributed by atoms with Crippen molar-refractivity contribution in [2.45, 2.75) is 19.4 Å². The van der Waals surface area contributed by atoms with Crippen LogP contribution in [-0.4, -0.2) is 15.1 Å². The number of hydrogen-bond donors (Lipinski definition) is 3. The molecule has 3 N–H and O–H groups in total. The van der Waals surface area contributed by atoms with Gasteiger partial charge in [0.05, 0.1) is 11.0 Å². The van der Waals surface area contributed by atoms with Crippen LogP contribution in [0.15, 0.2) is 44.3 Å². The molecular formula is C15H14N2O4. The highest BCUT2D eigenvalue weighted by molar-refractivity contribution is 5.74. The molecule has 0 fully saturated rings. The van der Waals surface area contributed by atoms with Crippen molar-refractivity contribution in [3.63, 3.8) is 0 Å². The Hall–Kier alpha value is -2.60. The fourth-order valence-electron chi connectivity index (χ4n) is 2.20. The summed E-state index contributed by atoms with van der Waals surface area (Å²) in [5, 5.41) is 10.3. The Labute approximate surface area is 119 Å². The molecule has 0 radical (unpaired) electrons. The van der Waals surface area contributed by atoms with Gasteiger partial charge in [-0.05, 0) is 29.8 Å². The number of rotatable bonds is 3. The van der Waals surface area contributed by atoms with Crippen LogP contribution in [0, 0.1) is 0 Å². The van der Waals surface area contributed by atoms with Crippen molar-refractivity contribution in [2.24, 2.45) is 0 Å². The quantitative estimate of drug-likeness (QED) is 0.634. The lowest BCUT2D eigenvalue weighted by Crippen LogP contribution is -2.28. The number of aryl methyl sites for hydroxylation is 1. The Balaban J connectivity index is 2.05. The largest absolute Gasteiger partial charge is 0.463 e. The molecule has 6 nitrogen and oxygen atoms in total. The molecule has 1 aromatic carbocycles. The minimum Gasteiger partial charge on any atom is -0.463 e. The molecule has 21 heavy (non-hydrogen) atoms. The van der Waals surface area contributed by atoms with Crippen molar-refractivity contribution in [2.75, 3.05) is 0 Å². The number of aliphatic hydroxyl groups excluding tert-OH is 1. The zero-order chi connectivity index (χ0) is 15.0. The number of fused-ring (bicyclic) bond motifs is 1. The van der Waals surface area contributed by atoms with Gasteiger partial charge in [0.1, 0.15) is 17.6 Å². The summed E-state index contributed by atoms with van der Waals surface area (Å²) in [5.41, 5.74) is 0.111. The molecule has 2 aromatic heterocycles. The standard InChI is InChI=1S/C15H14N2O4/c1-2-9-4-6-12(21-9)13(18)8-3-5-10-11(7-8)17-15(20)14(19)16-10/h3-7,13,18H,2H2,1H3,(H,16,19)(H,17,20). The maximum atomic E-state index is 11.3. The summed E-state index contributed by atoms with van der Waals surface area (Å²) in [5.74, 6) is 1.24. The van der Waals surface area contributed by atoms with E-state index in [4.69, 9.17) is 4.42 Å². The zero-order valence-corrected chi connectivity index (χ0v) is 11.3. The topological polar surface area (TPSA) is 99.1 Å². The predicted octanol–water partition coefficient (Wildman–Crippen LogP) is 1.45. The molecule has 108 valence electrons. The predicted molar refractivity (Wildman–Crippen MR) is 77.3 cm³/mol. The Morgan fingerprint density at radius 3 is 2.48 bits per heavy atom. The lowest BCUT2D eigenvalue weighted by Gasteiger charge is -2.09. The molecule has 2 heterocycles. The lowest BCUT2D eigenvalue weighted by molar-refractivity contribution is 0.187. The fraction of sp³-hybridized carbons (Fsp3) is 0.200. The number of aromatic amines is 2. The minimum atomic E-state index is -0.926. The van der Waals surface area contributed by atoms with Crippen LogP contribution in [0.4, 0.5) is 0 Å². The van der Waals surface area contributed by atoms with Gasteiger partial charge < -0.3 is 19.5 Å². The van der Waals surface area contributed by atoms with Crippen molar-refractivity contribution in [3.8, 4) is 0 Å². The zero-order valence-electron chi connectivity index (χ0n) is 11.3. The molecule has 0 amide bonds. The molecule has 0 bridgehead atoms. The number of nitrogens with one attached hydrogen (secondary N) is 2. The maximum Gasteiger partial charge on any atom is 0.314 e. The van der Waals surface area contributed by atoms with Gasteiger partial charge >= 0.3 is 11.1 Å². The molecule has 1 unspecified atom stereocenters. The summed E-state index contributed by atoms with van der Waals surface area (Å²) in [6.07, 6.45) is -0.177. The maximum absolute atomic E-state index is 11.3. The van der Waals surface area contributed by atoms with Gasteiger partial charge in [-0.25, -0.2) is 0 Å². The minimum absolute atomic E-state index is 0.443. The van der Waals surface area contributed by atoms with E-state index in [1.165, 1.54) is 0 Å². The first-order chi connectivity index (χ1) is 10.1. The van der Waals surface area contributed by atoms with Gasteiger partial charge in [0.2, 0.25) is 0 Å². The van der Waals surface area contributed by atoms with Crippen LogP contribution < -0.4 is 11.1 Å². The van der Waals surface area contributed by atoms with E-state index in [9.17, 15) is 14.7 Å². The molecule has 3 aromatic rings. The van der Waals surface area contributed by atoms with Crippen molar-refractivity contribution >= 4 is 11.0 Å². The van der Waals surface area contributed by atoms with Crippen LogP contribution >= 0.6 is 0 Å². The first-order valence-corrected chi connectivity index (χ1v) is 6.61. The van der Waals surface area contributed by atoms with Crippen molar-refractivity contribution in [3.05, 3.63) is 68.1 Å². The number of H-pyrrole nitrogens is 2. The first-order valence-electron chi connectivity index (χ1n) is 6.61. The number of hydrogen-bond acceptors (Lipinski definition) is 4. The van der Waals surface area contributed by atoms with Gasteiger partial charge in [-0.2, -0.15) is 0 Å². The van der Waals surface area contributed by atoms with E-state index < -0.39 is 17.2 Å². The normalized spacial score (nSPS) is 12.7. The third-order valence-electron chi connectivity index (χ3n) is 3.36. The molecule has 6 heteroatoms. The van der Waals surface area contributed by atoms with Crippen LogP contribution in [0.5, 0.6) is 0 Å². The van der Waals surface area contributed by atoms with E-state index in [1.807, 2.05) is 13.0 Å². The van der Waals surface area contributed by atoms with Crippen LogP contribution in [0.3, 0.4) is 0 Å². The first kappa shape index (κ1) is 13.4. The van der Waals surface area contributed by atoms with Gasteiger partial charge in [0.15, 0.2) is 0 Å². The van der Waals surface area contributed by atoms with E-state index in [0.717, 1.165) is 12.2 Å². The third kappa shape index (κ3) is 2.41. The second-order valence-corrected chi connectivity index (χ2v) is 4.77. The molecular weight excluding hydrogens is 272 g/mol. The van der Waals surface area contributed by atoms with E-state index in [0.29, 0.717) is 22.4 Å². The van der Waals surface area contributed by atoms with Crippen LogP contribution in [-0.2, 0) is 6.42 Å². The SMILES string of the molecule is CCc1ccc(C(O)c2ccc3[nH]c(=O)c(=O)[nH]c3c2)o1. The number of benzene rings is 1. The summed E-state index contributed by atoms with van der Waals surface area (Å²) in [4.78, 5) is 27.5. The van der Waals surface area contributed by atoms with E-state index in [-0.39, 0.29) is 0 Å². The molecule has 0 saturated heterocycles. The van der Waals surface area contributed by atoms with Crippen molar-refractivity contribution < 1.29 is 9.52 Å². The van der Waals surface area contributed by atoms with E-state index in [1.54, 1.807) is 24.3 Å². The Kier molecular flexibility index (Phi) is 3.23. The Morgan fingerprint density at radius 1 is 1.10 bits per heavy atom. The Bertz CT molecular complexity index is 904. The smallest absolute Gasteiger partial charge is 0.314 e. The van der Waals surface area contributed by atoms with Crippen molar-refractivity contribution in [1.29, 1.82) is 0 Å². The molecule has 0 spiro atoms. The average molecular weight is 286 g/mol. The monoisotopic (exact) mass is 286 g/mol. The molecule has 0 saturated carbocycles.